The van der Waals surface area contributed by atoms with E-state index >= 15 is 0 Å². The maximum Gasteiger partial charge on any atom is 0.146 e. The van der Waals surface area contributed by atoms with E-state index in [4.69, 9.17) is 4.43 Å². The first kappa shape index (κ1) is 12.1. The first-order chi connectivity index (χ1) is 5.65. The lowest BCUT2D eigenvalue weighted by Gasteiger charge is -2.28. The average molecular weight is 189 g/mol. The van der Waals surface area contributed by atoms with Crippen molar-refractivity contribution in [3.05, 3.63) is 0 Å². The third-order valence-corrected chi connectivity index (χ3v) is 3.32. The summed E-state index contributed by atoms with van der Waals surface area (Å²) < 4.78 is 5.37. The van der Waals surface area contributed by atoms with Gasteiger partial charge in [0.1, 0.15) is 10.5 Å². The lowest BCUT2D eigenvalue weighted by atomic mass is 10.1. The van der Waals surface area contributed by atoms with Crippen molar-refractivity contribution in [3.63, 3.8) is 0 Å². The molecule has 2 nitrogen and oxygen atoms in total. The van der Waals surface area contributed by atoms with E-state index in [0.29, 0.717) is 12.1 Å². The molecule has 2 atom stereocenters. The Morgan fingerprint density at radius 1 is 1.25 bits per heavy atom. The zero-order chi connectivity index (χ0) is 9.56. The molecular formula is C9H23NOSi. The molecule has 0 saturated heterocycles. The SMILES string of the molecule is CCN(CC)C(C)CC(C)O[SiH3]. The summed E-state index contributed by atoms with van der Waals surface area (Å²) in [6, 6.07) is 0.656. The fourth-order valence-corrected chi connectivity index (χ4v) is 1.77. The summed E-state index contributed by atoms with van der Waals surface area (Å²) in [5, 5.41) is 0. The quantitative estimate of drug-likeness (QED) is 0.573. The van der Waals surface area contributed by atoms with E-state index in [1.165, 1.54) is 0 Å². The number of nitrogens with zero attached hydrogens (tertiary/aromatic N) is 1. The predicted octanol–water partition coefficient (Wildman–Crippen LogP) is 0.792. The normalized spacial score (nSPS) is 16.8. The van der Waals surface area contributed by atoms with Gasteiger partial charge in [-0.3, -0.25) is 0 Å². The zero-order valence-electron chi connectivity index (χ0n) is 9.13. The van der Waals surface area contributed by atoms with Gasteiger partial charge < -0.3 is 9.33 Å². The van der Waals surface area contributed by atoms with Gasteiger partial charge in [0.15, 0.2) is 0 Å². The molecule has 74 valence electrons. The number of rotatable bonds is 6. The van der Waals surface area contributed by atoms with Crippen molar-refractivity contribution in [2.45, 2.75) is 46.3 Å². The summed E-state index contributed by atoms with van der Waals surface area (Å²) in [7, 11) is 0.859. The van der Waals surface area contributed by atoms with E-state index in [9.17, 15) is 0 Å². The van der Waals surface area contributed by atoms with Crippen LogP contribution in [-0.4, -0.2) is 40.6 Å². The van der Waals surface area contributed by atoms with E-state index < -0.39 is 0 Å². The standard InChI is InChI=1S/C9H23NOSi/c1-5-10(6-2)8(3)7-9(4)11-12/h8-9H,5-7H2,1-4,12H3. The van der Waals surface area contributed by atoms with Crippen LogP contribution in [0, 0.1) is 0 Å². The lowest BCUT2D eigenvalue weighted by Crippen LogP contribution is -2.35. The van der Waals surface area contributed by atoms with Gasteiger partial charge in [0, 0.05) is 12.1 Å². The fourth-order valence-electron chi connectivity index (χ4n) is 1.57. The monoisotopic (exact) mass is 189 g/mol. The molecule has 0 heterocycles. The van der Waals surface area contributed by atoms with E-state index in [2.05, 4.69) is 32.6 Å². The molecule has 0 N–H and O–H groups in total. The van der Waals surface area contributed by atoms with Crippen LogP contribution in [0.3, 0.4) is 0 Å². The second kappa shape index (κ2) is 6.63. The van der Waals surface area contributed by atoms with Gasteiger partial charge in [-0.1, -0.05) is 13.8 Å². The highest BCUT2D eigenvalue weighted by Gasteiger charge is 2.12. The minimum atomic E-state index is 0.437. The molecule has 0 aliphatic heterocycles. The van der Waals surface area contributed by atoms with E-state index in [1.807, 2.05) is 0 Å². The summed E-state index contributed by atoms with van der Waals surface area (Å²) in [5.74, 6) is 0. The van der Waals surface area contributed by atoms with Crippen LogP contribution >= 0.6 is 0 Å². The van der Waals surface area contributed by atoms with Gasteiger partial charge in [0.05, 0.1) is 0 Å². The maximum atomic E-state index is 5.37. The van der Waals surface area contributed by atoms with Crippen molar-refractivity contribution in [2.24, 2.45) is 0 Å². The van der Waals surface area contributed by atoms with E-state index in [0.717, 1.165) is 30.0 Å². The minimum absolute atomic E-state index is 0.437. The molecule has 0 saturated carbocycles. The van der Waals surface area contributed by atoms with Gasteiger partial charge in [-0.25, -0.2) is 0 Å². The molecule has 0 aromatic carbocycles. The molecule has 12 heavy (non-hydrogen) atoms. The Hall–Kier alpha value is 0.137. The van der Waals surface area contributed by atoms with Crippen molar-refractivity contribution in [3.8, 4) is 0 Å². The molecular weight excluding hydrogens is 166 g/mol. The highest BCUT2D eigenvalue weighted by atomic mass is 28.2. The Morgan fingerprint density at radius 3 is 2.08 bits per heavy atom. The first-order valence-corrected chi connectivity index (χ1v) is 5.74. The molecule has 0 aliphatic carbocycles. The Kier molecular flexibility index (Phi) is 6.71. The van der Waals surface area contributed by atoms with Crippen molar-refractivity contribution in [1.82, 2.24) is 4.90 Å². The summed E-state index contributed by atoms with van der Waals surface area (Å²) >= 11 is 0. The average Bonchev–Trinajstić information content (AvgIpc) is 2.06. The molecule has 2 unspecified atom stereocenters. The number of hydrogen-bond acceptors (Lipinski definition) is 2. The molecule has 0 fully saturated rings. The topological polar surface area (TPSA) is 12.5 Å². The molecule has 0 radical (unpaired) electrons. The van der Waals surface area contributed by atoms with Gasteiger partial charge in [-0.15, -0.1) is 0 Å². The number of hydrogen-bond donors (Lipinski definition) is 0. The summed E-state index contributed by atoms with van der Waals surface area (Å²) in [6.45, 7) is 11.2. The van der Waals surface area contributed by atoms with Gasteiger partial charge >= 0.3 is 0 Å². The highest BCUT2D eigenvalue weighted by molar-refractivity contribution is 5.98. The third kappa shape index (κ3) is 4.23. The third-order valence-electron chi connectivity index (χ3n) is 2.51. The summed E-state index contributed by atoms with van der Waals surface area (Å²) in [4.78, 5) is 2.47. The van der Waals surface area contributed by atoms with Crippen molar-refractivity contribution < 1.29 is 4.43 Å². The maximum absolute atomic E-state index is 5.37. The van der Waals surface area contributed by atoms with Gasteiger partial charge in [-0.05, 0) is 33.4 Å². The minimum Gasteiger partial charge on any atom is -0.425 e. The fraction of sp³-hybridized carbons (Fsp3) is 1.00. The molecule has 0 amide bonds. The molecule has 0 aromatic heterocycles. The van der Waals surface area contributed by atoms with E-state index in [-0.39, 0.29) is 0 Å². The van der Waals surface area contributed by atoms with Crippen LogP contribution in [0.4, 0.5) is 0 Å². The van der Waals surface area contributed by atoms with Crippen molar-refractivity contribution in [2.75, 3.05) is 13.1 Å². The van der Waals surface area contributed by atoms with E-state index in [1.54, 1.807) is 0 Å². The van der Waals surface area contributed by atoms with Crippen LogP contribution in [0.2, 0.25) is 0 Å². The first-order valence-electron chi connectivity index (χ1n) is 4.92. The van der Waals surface area contributed by atoms with Gasteiger partial charge in [0.2, 0.25) is 0 Å². The Labute approximate surface area is 79.8 Å². The Balaban J connectivity index is 3.75. The Morgan fingerprint density at radius 2 is 1.75 bits per heavy atom. The second-order valence-electron chi connectivity index (χ2n) is 3.35. The van der Waals surface area contributed by atoms with Crippen molar-refractivity contribution >= 4 is 10.5 Å². The smallest absolute Gasteiger partial charge is 0.146 e. The van der Waals surface area contributed by atoms with Crippen LogP contribution in [0.25, 0.3) is 0 Å². The zero-order valence-corrected chi connectivity index (χ0v) is 11.1. The van der Waals surface area contributed by atoms with Crippen LogP contribution in [0.15, 0.2) is 0 Å². The van der Waals surface area contributed by atoms with Crippen LogP contribution in [0.5, 0.6) is 0 Å². The highest BCUT2D eigenvalue weighted by Crippen LogP contribution is 2.07. The summed E-state index contributed by atoms with van der Waals surface area (Å²) in [5.41, 5.74) is 0. The van der Waals surface area contributed by atoms with Gasteiger partial charge in [-0.2, -0.15) is 0 Å². The van der Waals surface area contributed by atoms with Crippen LogP contribution in [-0.2, 0) is 4.43 Å². The predicted molar refractivity (Wildman–Crippen MR) is 57.5 cm³/mol. The molecule has 0 aliphatic rings. The lowest BCUT2D eigenvalue weighted by molar-refractivity contribution is 0.150. The molecule has 0 bridgehead atoms. The van der Waals surface area contributed by atoms with Crippen molar-refractivity contribution in [1.29, 1.82) is 0 Å². The largest absolute Gasteiger partial charge is 0.425 e. The molecule has 0 spiro atoms. The molecule has 3 heteroatoms. The second-order valence-corrected chi connectivity index (χ2v) is 3.82. The van der Waals surface area contributed by atoms with Crippen LogP contribution < -0.4 is 0 Å². The Bertz CT molecular complexity index is 107. The van der Waals surface area contributed by atoms with Gasteiger partial charge in [0.25, 0.3) is 0 Å². The summed E-state index contributed by atoms with van der Waals surface area (Å²) in [6.07, 6.45) is 1.60. The molecule has 0 aromatic rings. The molecule has 0 rings (SSSR count). The van der Waals surface area contributed by atoms with Crippen LogP contribution in [0.1, 0.15) is 34.1 Å².